The van der Waals surface area contributed by atoms with Crippen LogP contribution in [-0.2, 0) is 0 Å². The molecular formula is C7H18N4. The molecule has 0 spiro atoms. The molecule has 4 heteroatoms. The van der Waals surface area contributed by atoms with Crippen molar-refractivity contribution in [2.45, 2.75) is 19.5 Å². The smallest absolute Gasteiger partial charge is 0.0570 e. The third-order valence-electron chi connectivity index (χ3n) is 2.24. The lowest BCUT2D eigenvalue weighted by Crippen LogP contribution is -2.54. The van der Waals surface area contributed by atoms with E-state index in [1.807, 2.05) is 5.01 Å². The van der Waals surface area contributed by atoms with E-state index < -0.39 is 0 Å². The molecule has 0 amide bonds. The quantitative estimate of drug-likeness (QED) is 0.515. The fourth-order valence-electron chi connectivity index (χ4n) is 1.33. The van der Waals surface area contributed by atoms with E-state index in [9.17, 15) is 0 Å². The molecule has 0 aromatic rings. The van der Waals surface area contributed by atoms with Crippen LogP contribution in [0.3, 0.4) is 0 Å². The Morgan fingerprint density at radius 1 is 1.27 bits per heavy atom. The molecule has 1 aliphatic rings. The first kappa shape index (κ1) is 8.93. The second kappa shape index (κ2) is 4.01. The van der Waals surface area contributed by atoms with Gasteiger partial charge in [0.05, 0.1) is 6.17 Å². The minimum Gasteiger partial charge on any atom is -0.316 e. The number of hydrazine groups is 1. The number of hydrogen-bond donors (Lipinski definition) is 2. The van der Waals surface area contributed by atoms with Gasteiger partial charge in [0.15, 0.2) is 0 Å². The molecule has 1 fully saturated rings. The van der Waals surface area contributed by atoms with Gasteiger partial charge in [-0.1, -0.05) is 6.92 Å². The first-order chi connectivity index (χ1) is 5.24. The lowest BCUT2D eigenvalue weighted by molar-refractivity contribution is 0.0967. The molecule has 1 heterocycles. The van der Waals surface area contributed by atoms with Crippen LogP contribution in [0.15, 0.2) is 0 Å². The van der Waals surface area contributed by atoms with E-state index >= 15 is 0 Å². The van der Waals surface area contributed by atoms with Gasteiger partial charge in [0.25, 0.3) is 0 Å². The Bertz CT molecular complexity index is 109. The molecule has 0 aromatic carbocycles. The van der Waals surface area contributed by atoms with Gasteiger partial charge in [-0.15, -0.1) is 0 Å². The summed E-state index contributed by atoms with van der Waals surface area (Å²) in [6.07, 6.45) is 1.24. The Morgan fingerprint density at radius 2 is 1.82 bits per heavy atom. The molecule has 1 aliphatic heterocycles. The fourth-order valence-corrected chi connectivity index (χ4v) is 1.33. The van der Waals surface area contributed by atoms with Crippen molar-refractivity contribution in [3.8, 4) is 0 Å². The minimum absolute atomic E-state index is 0.226. The van der Waals surface area contributed by atoms with Crippen molar-refractivity contribution in [2.75, 3.05) is 26.2 Å². The van der Waals surface area contributed by atoms with Gasteiger partial charge in [-0.05, 0) is 6.42 Å². The molecule has 0 aliphatic carbocycles. The van der Waals surface area contributed by atoms with E-state index in [1.54, 1.807) is 0 Å². The topological polar surface area (TPSA) is 58.5 Å². The van der Waals surface area contributed by atoms with Crippen molar-refractivity contribution >= 4 is 0 Å². The van der Waals surface area contributed by atoms with Crippen molar-refractivity contribution in [1.82, 2.24) is 9.91 Å². The van der Waals surface area contributed by atoms with E-state index in [0.717, 1.165) is 32.6 Å². The molecule has 1 rings (SSSR count). The maximum Gasteiger partial charge on any atom is 0.0570 e. The third-order valence-corrected chi connectivity index (χ3v) is 2.24. The first-order valence-corrected chi connectivity index (χ1v) is 4.23. The van der Waals surface area contributed by atoms with Crippen LogP contribution >= 0.6 is 0 Å². The summed E-state index contributed by atoms with van der Waals surface area (Å²) in [5, 5.41) is 1.85. The summed E-state index contributed by atoms with van der Waals surface area (Å²) < 4.78 is 0. The molecule has 0 radical (unpaired) electrons. The zero-order valence-corrected chi connectivity index (χ0v) is 7.16. The first-order valence-electron chi connectivity index (χ1n) is 4.23. The molecule has 11 heavy (non-hydrogen) atoms. The lowest BCUT2D eigenvalue weighted by atomic mass is 10.3. The molecule has 0 saturated carbocycles. The largest absolute Gasteiger partial charge is 0.316 e. The molecule has 1 atom stereocenters. The van der Waals surface area contributed by atoms with Gasteiger partial charge < -0.3 is 5.73 Å². The molecule has 1 saturated heterocycles. The SMILES string of the molecule is CCC(N)N1CCN(N)CC1. The van der Waals surface area contributed by atoms with Gasteiger partial charge in [0, 0.05) is 26.2 Å². The summed E-state index contributed by atoms with van der Waals surface area (Å²) in [6.45, 7) is 6.00. The zero-order valence-electron chi connectivity index (χ0n) is 7.16. The molecule has 4 N–H and O–H groups in total. The number of nitrogens with two attached hydrogens (primary N) is 2. The lowest BCUT2D eigenvalue weighted by Gasteiger charge is -2.35. The number of rotatable bonds is 2. The van der Waals surface area contributed by atoms with Gasteiger partial charge in [-0.3, -0.25) is 10.7 Å². The van der Waals surface area contributed by atoms with Gasteiger partial charge in [-0.2, -0.15) is 0 Å². The normalized spacial score (nSPS) is 25.4. The highest BCUT2D eigenvalue weighted by molar-refractivity contribution is 4.71. The van der Waals surface area contributed by atoms with Crippen molar-refractivity contribution in [3.63, 3.8) is 0 Å². The Kier molecular flexibility index (Phi) is 3.26. The second-order valence-corrected chi connectivity index (χ2v) is 3.05. The van der Waals surface area contributed by atoms with Crippen LogP contribution in [0.2, 0.25) is 0 Å². The highest BCUT2D eigenvalue weighted by atomic mass is 15.4. The third kappa shape index (κ3) is 2.41. The van der Waals surface area contributed by atoms with Gasteiger partial charge in [-0.25, -0.2) is 5.01 Å². The summed E-state index contributed by atoms with van der Waals surface area (Å²) in [7, 11) is 0. The van der Waals surface area contributed by atoms with Crippen LogP contribution in [0.4, 0.5) is 0 Å². The fraction of sp³-hybridized carbons (Fsp3) is 1.00. The van der Waals surface area contributed by atoms with Crippen molar-refractivity contribution in [2.24, 2.45) is 11.6 Å². The van der Waals surface area contributed by atoms with Crippen LogP contribution in [0, 0.1) is 0 Å². The Labute approximate surface area is 68.1 Å². The monoisotopic (exact) mass is 158 g/mol. The highest BCUT2D eigenvalue weighted by Crippen LogP contribution is 2.02. The van der Waals surface area contributed by atoms with E-state index in [1.165, 1.54) is 0 Å². The van der Waals surface area contributed by atoms with Crippen molar-refractivity contribution in [3.05, 3.63) is 0 Å². The number of hydrogen-bond acceptors (Lipinski definition) is 4. The van der Waals surface area contributed by atoms with Crippen molar-refractivity contribution < 1.29 is 0 Å². The van der Waals surface area contributed by atoms with E-state index in [4.69, 9.17) is 11.6 Å². The summed E-state index contributed by atoms with van der Waals surface area (Å²) >= 11 is 0. The average molecular weight is 158 g/mol. The van der Waals surface area contributed by atoms with Crippen LogP contribution in [0.1, 0.15) is 13.3 Å². The Balaban J connectivity index is 2.27. The summed E-state index contributed by atoms with van der Waals surface area (Å²) in [5.41, 5.74) is 5.86. The maximum absolute atomic E-state index is 5.86. The zero-order chi connectivity index (χ0) is 8.27. The number of piperazine rings is 1. The predicted molar refractivity (Wildman–Crippen MR) is 45.6 cm³/mol. The van der Waals surface area contributed by atoms with Gasteiger partial charge >= 0.3 is 0 Å². The molecule has 4 nitrogen and oxygen atoms in total. The molecule has 1 unspecified atom stereocenters. The standard InChI is InChI=1S/C7H18N4/c1-2-7(8)10-3-5-11(9)6-4-10/h7H,2-6,8-9H2,1H3. The predicted octanol–water partition coefficient (Wildman–Crippen LogP) is -0.827. The van der Waals surface area contributed by atoms with Crippen molar-refractivity contribution in [1.29, 1.82) is 0 Å². The molecule has 0 aromatic heterocycles. The number of nitrogens with zero attached hydrogens (tertiary/aromatic N) is 2. The highest BCUT2D eigenvalue weighted by Gasteiger charge is 2.17. The molecular weight excluding hydrogens is 140 g/mol. The average Bonchev–Trinajstić information content (AvgIpc) is 2.05. The van der Waals surface area contributed by atoms with E-state index in [-0.39, 0.29) is 6.17 Å². The maximum atomic E-state index is 5.86. The summed E-state index contributed by atoms with van der Waals surface area (Å²) in [5.74, 6) is 5.60. The van der Waals surface area contributed by atoms with Gasteiger partial charge in [0.1, 0.15) is 0 Å². The van der Waals surface area contributed by atoms with E-state index in [0.29, 0.717) is 0 Å². The van der Waals surface area contributed by atoms with Gasteiger partial charge in [0.2, 0.25) is 0 Å². The second-order valence-electron chi connectivity index (χ2n) is 3.05. The van der Waals surface area contributed by atoms with Crippen LogP contribution in [0.5, 0.6) is 0 Å². The Hall–Kier alpha value is -0.160. The van der Waals surface area contributed by atoms with Crippen LogP contribution in [-0.4, -0.2) is 42.3 Å². The van der Waals surface area contributed by atoms with Crippen LogP contribution in [0.25, 0.3) is 0 Å². The molecule has 0 bridgehead atoms. The summed E-state index contributed by atoms with van der Waals surface area (Å²) in [4.78, 5) is 2.28. The Morgan fingerprint density at radius 3 is 2.27 bits per heavy atom. The van der Waals surface area contributed by atoms with E-state index in [2.05, 4.69) is 11.8 Å². The van der Waals surface area contributed by atoms with Crippen LogP contribution < -0.4 is 11.6 Å². The molecule has 66 valence electrons. The minimum atomic E-state index is 0.226. The summed E-state index contributed by atoms with van der Waals surface area (Å²) in [6, 6.07) is 0.